The molecule has 1 saturated heterocycles. The topological polar surface area (TPSA) is 69.6 Å². The average Bonchev–Trinajstić information content (AvgIpc) is 2.97. The molecule has 1 aromatic heterocycles. The summed E-state index contributed by atoms with van der Waals surface area (Å²) >= 11 is 1.76. The minimum absolute atomic E-state index is 0. The highest BCUT2D eigenvalue weighted by Crippen LogP contribution is 2.24. The molecule has 1 aromatic rings. The molecule has 0 saturated carbocycles. The van der Waals surface area contributed by atoms with E-state index in [1.54, 1.807) is 18.4 Å². The Morgan fingerprint density at radius 2 is 2.04 bits per heavy atom. The lowest BCUT2D eigenvalue weighted by Gasteiger charge is -2.33. The van der Waals surface area contributed by atoms with Crippen molar-refractivity contribution in [1.29, 1.82) is 0 Å². The van der Waals surface area contributed by atoms with Crippen molar-refractivity contribution in [1.82, 2.24) is 20.5 Å². The van der Waals surface area contributed by atoms with E-state index in [1.165, 1.54) is 10.6 Å². The largest absolute Gasteiger partial charge is 0.359 e. The van der Waals surface area contributed by atoms with Gasteiger partial charge in [-0.25, -0.2) is 4.98 Å². The van der Waals surface area contributed by atoms with Crippen LogP contribution in [0.15, 0.2) is 4.99 Å². The van der Waals surface area contributed by atoms with E-state index < -0.39 is 0 Å². The molecule has 2 heterocycles. The van der Waals surface area contributed by atoms with E-state index in [-0.39, 0.29) is 29.9 Å². The number of rotatable bonds is 5. The van der Waals surface area contributed by atoms with E-state index in [1.807, 2.05) is 7.05 Å². The molecule has 0 spiro atoms. The molecule has 0 unspecified atom stereocenters. The normalized spacial score (nSPS) is 15.8. The molecule has 8 heteroatoms. The van der Waals surface area contributed by atoms with E-state index in [0.717, 1.165) is 36.9 Å². The molecular formula is C18H32IN5OS. The summed E-state index contributed by atoms with van der Waals surface area (Å²) < 4.78 is 0. The maximum absolute atomic E-state index is 11.5. The van der Waals surface area contributed by atoms with E-state index in [9.17, 15) is 4.79 Å². The lowest BCUT2D eigenvalue weighted by molar-refractivity contribution is -0.121. The van der Waals surface area contributed by atoms with E-state index in [0.29, 0.717) is 24.8 Å². The molecule has 0 aromatic carbocycles. The number of likely N-dealkylation sites (tertiary alicyclic amines) is 1. The van der Waals surface area contributed by atoms with Crippen molar-refractivity contribution in [3.05, 3.63) is 15.6 Å². The van der Waals surface area contributed by atoms with Crippen LogP contribution in [0.25, 0.3) is 0 Å². The molecule has 0 bridgehead atoms. The zero-order valence-corrected chi connectivity index (χ0v) is 19.6. The molecule has 6 nitrogen and oxygen atoms in total. The molecule has 0 aliphatic carbocycles. The van der Waals surface area contributed by atoms with Gasteiger partial charge in [0, 0.05) is 38.5 Å². The van der Waals surface area contributed by atoms with Gasteiger partial charge in [0.2, 0.25) is 5.91 Å². The maximum Gasteiger partial charge on any atom is 0.220 e. The number of piperidine rings is 1. The summed E-state index contributed by atoms with van der Waals surface area (Å²) in [4.78, 5) is 24.3. The predicted molar refractivity (Wildman–Crippen MR) is 120 cm³/mol. The molecule has 1 fully saturated rings. The fraction of sp³-hybridized carbons (Fsp3) is 0.722. The van der Waals surface area contributed by atoms with Gasteiger partial charge in [0.15, 0.2) is 5.96 Å². The highest BCUT2D eigenvalue weighted by molar-refractivity contribution is 14.0. The van der Waals surface area contributed by atoms with Gasteiger partial charge in [-0.15, -0.1) is 35.3 Å². The standard InChI is InChI=1S/C18H31N5OS.HI/c1-12(2)17-13(3)25-16(22-17)11-21-18(20-5)23-8-6-14(7-9-23)10-15(24)19-4;/h12,14H,6-11H2,1-5H3,(H,19,24)(H,20,21);1H. The highest BCUT2D eigenvalue weighted by atomic mass is 127. The Labute approximate surface area is 178 Å². The van der Waals surface area contributed by atoms with Crippen LogP contribution < -0.4 is 10.6 Å². The number of aromatic nitrogens is 1. The Morgan fingerprint density at radius 1 is 1.38 bits per heavy atom. The molecule has 2 N–H and O–H groups in total. The Balaban J connectivity index is 0.00000338. The third-order valence-electron chi connectivity index (χ3n) is 4.70. The first-order valence-corrected chi connectivity index (χ1v) is 9.88. The van der Waals surface area contributed by atoms with Crippen molar-refractivity contribution in [3.63, 3.8) is 0 Å². The zero-order valence-electron chi connectivity index (χ0n) is 16.5. The van der Waals surface area contributed by atoms with Gasteiger partial charge in [-0.05, 0) is 31.6 Å². The lowest BCUT2D eigenvalue weighted by Crippen LogP contribution is -2.45. The molecule has 2 rings (SSSR count). The minimum Gasteiger partial charge on any atom is -0.359 e. The number of nitrogens with zero attached hydrogens (tertiary/aromatic N) is 3. The quantitative estimate of drug-likeness (QED) is 0.376. The van der Waals surface area contributed by atoms with Crippen LogP contribution in [0, 0.1) is 12.8 Å². The summed E-state index contributed by atoms with van der Waals surface area (Å²) in [5.74, 6) is 2.01. The summed E-state index contributed by atoms with van der Waals surface area (Å²) in [6, 6.07) is 0. The van der Waals surface area contributed by atoms with E-state index >= 15 is 0 Å². The van der Waals surface area contributed by atoms with Crippen LogP contribution in [0.3, 0.4) is 0 Å². The van der Waals surface area contributed by atoms with Crippen LogP contribution in [0.2, 0.25) is 0 Å². The molecule has 1 aliphatic heterocycles. The van der Waals surface area contributed by atoms with Gasteiger partial charge in [-0.1, -0.05) is 13.8 Å². The second-order valence-electron chi connectivity index (χ2n) is 6.91. The first-order valence-electron chi connectivity index (χ1n) is 9.07. The summed E-state index contributed by atoms with van der Waals surface area (Å²) in [7, 11) is 3.53. The summed E-state index contributed by atoms with van der Waals surface area (Å²) in [5.41, 5.74) is 1.20. The fourth-order valence-corrected chi connectivity index (χ4v) is 4.30. The number of hydrogen-bond donors (Lipinski definition) is 2. The molecule has 1 amide bonds. The Bertz CT molecular complexity index is 609. The smallest absolute Gasteiger partial charge is 0.220 e. The zero-order chi connectivity index (χ0) is 18.4. The van der Waals surface area contributed by atoms with Crippen LogP contribution in [0.5, 0.6) is 0 Å². The minimum atomic E-state index is 0. The van der Waals surface area contributed by atoms with Gasteiger partial charge < -0.3 is 15.5 Å². The Hall–Kier alpha value is -0.900. The lowest BCUT2D eigenvalue weighted by atomic mass is 9.93. The number of carbonyl (C=O) groups is 1. The number of halogens is 1. The van der Waals surface area contributed by atoms with Crippen LogP contribution in [-0.4, -0.2) is 48.9 Å². The third kappa shape index (κ3) is 6.37. The molecule has 0 radical (unpaired) electrons. The average molecular weight is 493 g/mol. The third-order valence-corrected chi connectivity index (χ3v) is 5.69. The Kier molecular flexibility index (Phi) is 9.84. The van der Waals surface area contributed by atoms with Crippen molar-refractivity contribution >= 4 is 47.2 Å². The summed E-state index contributed by atoms with van der Waals surface area (Å²) in [6.45, 7) is 9.10. The van der Waals surface area contributed by atoms with Gasteiger partial charge in [0.1, 0.15) is 5.01 Å². The van der Waals surface area contributed by atoms with E-state index in [4.69, 9.17) is 4.98 Å². The van der Waals surface area contributed by atoms with Crippen LogP contribution in [0.4, 0.5) is 0 Å². The van der Waals surface area contributed by atoms with Crippen molar-refractivity contribution < 1.29 is 4.79 Å². The number of thiazole rings is 1. The monoisotopic (exact) mass is 493 g/mol. The number of guanidine groups is 1. The van der Waals surface area contributed by atoms with Crippen LogP contribution in [-0.2, 0) is 11.3 Å². The van der Waals surface area contributed by atoms with Crippen molar-refractivity contribution in [2.24, 2.45) is 10.9 Å². The molecule has 1 aliphatic rings. The number of nitrogens with one attached hydrogen (secondary N) is 2. The molecule has 26 heavy (non-hydrogen) atoms. The second-order valence-corrected chi connectivity index (χ2v) is 8.20. The first kappa shape index (κ1) is 23.1. The maximum atomic E-state index is 11.5. The number of amides is 1. The van der Waals surface area contributed by atoms with Crippen molar-refractivity contribution in [3.8, 4) is 0 Å². The highest BCUT2D eigenvalue weighted by Gasteiger charge is 2.23. The van der Waals surface area contributed by atoms with Crippen molar-refractivity contribution in [2.45, 2.75) is 52.5 Å². The van der Waals surface area contributed by atoms with Crippen LogP contribution in [0.1, 0.15) is 54.6 Å². The van der Waals surface area contributed by atoms with Gasteiger partial charge in [0.25, 0.3) is 0 Å². The van der Waals surface area contributed by atoms with Crippen LogP contribution >= 0.6 is 35.3 Å². The second kappa shape index (κ2) is 11.1. The number of carbonyl (C=O) groups excluding carboxylic acids is 1. The van der Waals surface area contributed by atoms with Gasteiger partial charge >= 0.3 is 0 Å². The molecule has 148 valence electrons. The predicted octanol–water partition coefficient (Wildman–Crippen LogP) is 3.12. The Morgan fingerprint density at radius 3 is 2.54 bits per heavy atom. The van der Waals surface area contributed by atoms with E-state index in [2.05, 4.69) is 41.3 Å². The molecular weight excluding hydrogens is 461 g/mol. The SMILES string of the molecule is CN=C(NCc1nc(C(C)C)c(C)s1)N1CCC(CC(=O)NC)CC1.I. The molecule has 0 atom stereocenters. The number of aliphatic imine (C=N–C) groups is 1. The summed E-state index contributed by atoms with van der Waals surface area (Å²) in [5, 5.41) is 7.27. The van der Waals surface area contributed by atoms with Gasteiger partial charge in [0.05, 0.1) is 12.2 Å². The van der Waals surface area contributed by atoms with Gasteiger partial charge in [-0.2, -0.15) is 0 Å². The first-order chi connectivity index (χ1) is 11.9. The van der Waals surface area contributed by atoms with Gasteiger partial charge in [-0.3, -0.25) is 9.79 Å². The summed E-state index contributed by atoms with van der Waals surface area (Å²) in [6.07, 6.45) is 2.69. The number of hydrogen-bond acceptors (Lipinski definition) is 4. The number of aryl methyl sites for hydroxylation is 1. The van der Waals surface area contributed by atoms with Crippen molar-refractivity contribution in [2.75, 3.05) is 27.2 Å². The fourth-order valence-electron chi connectivity index (χ4n) is 3.28.